The lowest BCUT2D eigenvalue weighted by molar-refractivity contribution is 0.222. The summed E-state index contributed by atoms with van der Waals surface area (Å²) < 4.78 is 0. The molecule has 0 saturated heterocycles. The van der Waals surface area contributed by atoms with E-state index in [1.807, 2.05) is 0 Å². The monoisotopic (exact) mass is 90.0 g/mol. The van der Waals surface area contributed by atoms with Crippen molar-refractivity contribution in [2.75, 3.05) is 0 Å². The van der Waals surface area contributed by atoms with Gasteiger partial charge in [-0.25, -0.2) is 4.79 Å². The Morgan fingerprint density at radius 3 is 1.80 bits per heavy atom. The van der Waals surface area contributed by atoms with Gasteiger partial charge in [0.1, 0.15) is 0 Å². The highest BCUT2D eigenvalue weighted by atomic mass is 32.1. The first kappa shape index (κ1) is 8.84. The summed E-state index contributed by atoms with van der Waals surface area (Å²) in [5.41, 5.74) is 0. The zero-order valence-electron chi connectivity index (χ0n) is 2.30. The first-order valence-corrected chi connectivity index (χ1v) is 1.10. The maximum atomic E-state index is 8.86. The van der Waals surface area contributed by atoms with E-state index in [2.05, 4.69) is 12.6 Å². The molecule has 1 N–H and O–H groups in total. The minimum absolute atomic E-state index is 0. The van der Waals surface area contributed by atoms with Gasteiger partial charge in [-0.2, -0.15) is 0 Å². The van der Waals surface area contributed by atoms with Crippen LogP contribution in [0.2, 0.25) is 0 Å². The molecule has 5 heavy (non-hydrogen) atoms. The van der Waals surface area contributed by atoms with Crippen LogP contribution < -0.4 is 0 Å². The second-order valence-electron chi connectivity index (χ2n) is 0.283. The van der Waals surface area contributed by atoms with Crippen LogP contribution in [0.4, 0.5) is 4.79 Å². The van der Waals surface area contributed by atoms with E-state index < -0.39 is 5.30 Å². The van der Waals surface area contributed by atoms with Crippen LogP contribution in [0.3, 0.4) is 0 Å². The van der Waals surface area contributed by atoms with Gasteiger partial charge in [0, 0.05) is 7.43 Å². The molecule has 3 heteroatoms. The summed E-state index contributed by atoms with van der Waals surface area (Å²) in [6.45, 7) is 0. The third-order valence-corrected chi connectivity index (χ3v) is 0. The van der Waals surface area contributed by atoms with Gasteiger partial charge in [0.25, 0.3) is 0 Å². The van der Waals surface area contributed by atoms with Crippen molar-refractivity contribution in [1.29, 1.82) is 0 Å². The van der Waals surface area contributed by atoms with Crippen LogP contribution in [0.5, 0.6) is 0 Å². The molecule has 0 spiro atoms. The topological polar surface area (TPSA) is 37.3 Å². The van der Waals surface area contributed by atoms with Gasteiger partial charge in [0.05, 0.1) is 0 Å². The van der Waals surface area contributed by atoms with Gasteiger partial charge in [-0.1, -0.05) is 12.6 Å². The lowest BCUT2D eigenvalue weighted by Crippen LogP contribution is -1.67. The van der Waals surface area contributed by atoms with Crippen molar-refractivity contribution in [3.05, 3.63) is 7.43 Å². The summed E-state index contributed by atoms with van der Waals surface area (Å²) >= 11 is 2.88. The SMILES string of the molecule is O=C(O)S.[C]. The number of hydrogen-bond acceptors (Lipinski definition) is 1. The fraction of sp³-hybridized carbons (Fsp3) is 0. The van der Waals surface area contributed by atoms with Crippen LogP contribution in [-0.2, 0) is 0 Å². The molecule has 0 atom stereocenters. The van der Waals surface area contributed by atoms with Crippen molar-refractivity contribution in [3.63, 3.8) is 0 Å². The molecule has 0 aliphatic carbocycles. The van der Waals surface area contributed by atoms with Crippen molar-refractivity contribution in [3.8, 4) is 0 Å². The van der Waals surface area contributed by atoms with Crippen molar-refractivity contribution in [2.45, 2.75) is 0 Å². The number of carbonyl (C=O) groups is 1. The summed E-state index contributed by atoms with van der Waals surface area (Å²) in [6.07, 6.45) is 0. The minimum Gasteiger partial charge on any atom is -0.473 e. The third-order valence-electron chi connectivity index (χ3n) is 0. The third kappa shape index (κ3) is 391. The van der Waals surface area contributed by atoms with Gasteiger partial charge in [-0.3, -0.25) is 0 Å². The van der Waals surface area contributed by atoms with Crippen molar-refractivity contribution < 1.29 is 9.90 Å². The van der Waals surface area contributed by atoms with Crippen LogP contribution in [0.1, 0.15) is 0 Å². The summed E-state index contributed by atoms with van der Waals surface area (Å²) in [7, 11) is 0. The van der Waals surface area contributed by atoms with E-state index in [1.165, 1.54) is 0 Å². The fourth-order valence-corrected chi connectivity index (χ4v) is 0. The van der Waals surface area contributed by atoms with Crippen LogP contribution >= 0.6 is 12.6 Å². The zero-order valence-corrected chi connectivity index (χ0v) is 3.20. The first-order chi connectivity index (χ1) is 1.73. The summed E-state index contributed by atoms with van der Waals surface area (Å²) in [5, 5.41) is 6.14. The molecule has 0 aromatic carbocycles. The molecular formula is C2H2O2S. The van der Waals surface area contributed by atoms with E-state index >= 15 is 0 Å². The van der Waals surface area contributed by atoms with Gasteiger partial charge in [-0.05, 0) is 0 Å². The number of carboxylic acid groups (broad SMARTS) is 1. The maximum Gasteiger partial charge on any atom is 0.361 e. The standard InChI is InChI=1S/CH2O2S.C/c2-1(3)4;/h4H,(H,2,3);. The summed E-state index contributed by atoms with van der Waals surface area (Å²) in [6, 6.07) is 0. The van der Waals surface area contributed by atoms with Gasteiger partial charge in [0.15, 0.2) is 0 Å². The molecule has 0 aliphatic heterocycles. The second kappa shape index (κ2) is 3.82. The molecule has 0 aliphatic rings. The summed E-state index contributed by atoms with van der Waals surface area (Å²) in [4.78, 5) is 8.86. The molecule has 0 amide bonds. The van der Waals surface area contributed by atoms with Crippen LogP contribution in [-0.4, -0.2) is 10.4 Å². The van der Waals surface area contributed by atoms with Crippen LogP contribution in [0.25, 0.3) is 0 Å². The van der Waals surface area contributed by atoms with E-state index in [4.69, 9.17) is 9.90 Å². The Morgan fingerprint density at radius 2 is 1.80 bits per heavy atom. The van der Waals surface area contributed by atoms with E-state index in [9.17, 15) is 0 Å². The van der Waals surface area contributed by atoms with Crippen molar-refractivity contribution in [2.24, 2.45) is 0 Å². The Balaban J connectivity index is 0. The molecule has 2 nitrogen and oxygen atoms in total. The molecule has 0 fully saturated rings. The van der Waals surface area contributed by atoms with Crippen LogP contribution in [0.15, 0.2) is 0 Å². The molecule has 0 heterocycles. The highest BCUT2D eigenvalue weighted by molar-refractivity contribution is 7.96. The van der Waals surface area contributed by atoms with E-state index in [0.717, 1.165) is 0 Å². The second-order valence-corrected chi connectivity index (χ2v) is 0.665. The molecule has 0 saturated carbocycles. The van der Waals surface area contributed by atoms with E-state index in [0.29, 0.717) is 0 Å². The van der Waals surface area contributed by atoms with E-state index in [1.54, 1.807) is 0 Å². The molecule has 0 rings (SSSR count). The van der Waals surface area contributed by atoms with Crippen LogP contribution in [0, 0.1) is 7.43 Å². The average molecular weight is 90.1 g/mol. The number of hydrogen-bond donors (Lipinski definition) is 2. The van der Waals surface area contributed by atoms with Gasteiger partial charge in [0.2, 0.25) is 0 Å². The lowest BCUT2D eigenvalue weighted by Gasteiger charge is -1.58. The molecule has 0 aromatic heterocycles. The van der Waals surface area contributed by atoms with Crippen molar-refractivity contribution in [1.82, 2.24) is 0 Å². The number of rotatable bonds is 0. The Morgan fingerprint density at radius 1 is 1.80 bits per heavy atom. The predicted octanol–water partition coefficient (Wildman–Crippen LogP) is 0.675. The zero-order chi connectivity index (χ0) is 3.58. The first-order valence-electron chi connectivity index (χ1n) is 0.651. The van der Waals surface area contributed by atoms with E-state index in [-0.39, 0.29) is 7.43 Å². The molecule has 4 radical (unpaired) electrons. The minimum atomic E-state index is -1.14. The predicted molar refractivity (Wildman–Crippen MR) is 20.3 cm³/mol. The highest BCUT2D eigenvalue weighted by Gasteiger charge is 1.67. The normalized spacial score (nSPS) is 5.00. The molecule has 28 valence electrons. The Labute approximate surface area is 36.2 Å². The maximum absolute atomic E-state index is 8.86. The smallest absolute Gasteiger partial charge is 0.361 e. The van der Waals surface area contributed by atoms with Gasteiger partial charge < -0.3 is 5.11 Å². The fourth-order valence-electron chi connectivity index (χ4n) is 0. The molecule has 0 bridgehead atoms. The quantitative estimate of drug-likeness (QED) is 0.429. The largest absolute Gasteiger partial charge is 0.473 e. The Hall–Kier alpha value is -0.180. The van der Waals surface area contributed by atoms with Gasteiger partial charge in [-0.15, -0.1) is 0 Å². The van der Waals surface area contributed by atoms with Crippen molar-refractivity contribution >= 4 is 17.9 Å². The number of thiol groups is 1. The summed E-state index contributed by atoms with van der Waals surface area (Å²) in [5.74, 6) is 0. The molecular weight excluding hydrogens is 88.1 g/mol. The molecule has 0 aromatic rings. The Kier molecular flexibility index (Phi) is 6.76. The Bertz CT molecular complexity index is 30.6. The van der Waals surface area contributed by atoms with Gasteiger partial charge >= 0.3 is 5.30 Å². The molecule has 0 unspecified atom stereocenters. The lowest BCUT2D eigenvalue weighted by atomic mass is 11.6. The average Bonchev–Trinajstić information content (AvgIpc) is 0.811. The highest BCUT2D eigenvalue weighted by Crippen LogP contribution is 1.66.